The molecule has 0 spiro atoms. The van der Waals surface area contributed by atoms with Gasteiger partial charge < -0.3 is 4.74 Å². The lowest BCUT2D eigenvalue weighted by molar-refractivity contribution is -0.742. The third-order valence-corrected chi connectivity index (χ3v) is 2.40. The maximum Gasteiger partial charge on any atom is 0.339 e. The van der Waals surface area contributed by atoms with E-state index in [1.165, 1.54) is 30.3 Å². The van der Waals surface area contributed by atoms with Crippen LogP contribution in [0.1, 0.15) is 10.4 Å². The van der Waals surface area contributed by atoms with Crippen LogP contribution in [0.4, 0.5) is 0 Å². The number of aromatic nitrogens is 2. The van der Waals surface area contributed by atoms with Crippen molar-refractivity contribution < 1.29 is 27.4 Å². The summed E-state index contributed by atoms with van der Waals surface area (Å²) in [4.78, 5) is 22.4. The van der Waals surface area contributed by atoms with E-state index in [-0.39, 0.29) is 12.1 Å². The third-order valence-electron chi connectivity index (χ3n) is 1.80. The van der Waals surface area contributed by atoms with Crippen molar-refractivity contribution in [3.8, 4) is 0 Å². The molecule has 0 fully saturated rings. The van der Waals surface area contributed by atoms with E-state index in [4.69, 9.17) is 0 Å². The number of hydrogen-bond donors (Lipinski definition) is 1. The zero-order valence-corrected chi connectivity index (χ0v) is 10.6. The lowest BCUT2D eigenvalue weighted by atomic mass is 10.3. The molecule has 0 aromatic carbocycles. The molecule has 1 heterocycles. The molecule has 1 N–H and O–H groups in total. The fourth-order valence-electron chi connectivity index (χ4n) is 1.10. The van der Waals surface area contributed by atoms with Crippen LogP contribution in [0.5, 0.6) is 0 Å². The van der Waals surface area contributed by atoms with Gasteiger partial charge >= 0.3 is 11.9 Å². The van der Waals surface area contributed by atoms with Crippen molar-refractivity contribution in [2.45, 2.75) is 6.54 Å². The second-order valence-corrected chi connectivity index (χ2v) is 5.15. The standard InChI is InChI=1S/C9H11N3O5S/c1-17-9(14)7-3-4-12(10-5-7)6-8(13)11-18(2,15)16/h3-5H,6H2,1-2H3/p+1. The number of ether oxygens (including phenoxy) is 1. The minimum atomic E-state index is -3.58. The molecule has 0 aliphatic heterocycles. The van der Waals surface area contributed by atoms with Gasteiger partial charge in [0.05, 0.1) is 18.9 Å². The van der Waals surface area contributed by atoms with Crippen LogP contribution in [0.2, 0.25) is 0 Å². The van der Waals surface area contributed by atoms with Crippen LogP contribution in [0, 0.1) is 0 Å². The second-order valence-electron chi connectivity index (χ2n) is 3.40. The summed E-state index contributed by atoms with van der Waals surface area (Å²) in [5.74, 6) is -1.27. The molecule has 0 atom stereocenters. The Hall–Kier alpha value is -2.03. The average Bonchev–Trinajstić information content (AvgIpc) is 2.26. The minimum Gasteiger partial charge on any atom is -0.465 e. The lowest BCUT2D eigenvalue weighted by Crippen LogP contribution is -2.46. The second kappa shape index (κ2) is 5.54. The maximum absolute atomic E-state index is 11.3. The van der Waals surface area contributed by atoms with Crippen LogP contribution < -0.4 is 9.40 Å². The van der Waals surface area contributed by atoms with Gasteiger partial charge in [0.1, 0.15) is 6.20 Å². The number of hydrogen-bond acceptors (Lipinski definition) is 6. The lowest BCUT2D eigenvalue weighted by Gasteiger charge is -1.99. The summed E-state index contributed by atoms with van der Waals surface area (Å²) < 4.78 is 29.0. The molecule has 0 saturated heterocycles. The summed E-state index contributed by atoms with van der Waals surface area (Å²) in [5, 5.41) is 3.78. The van der Waals surface area contributed by atoms with Crippen molar-refractivity contribution >= 4 is 21.9 Å². The van der Waals surface area contributed by atoms with E-state index in [9.17, 15) is 18.0 Å². The molecule has 0 unspecified atom stereocenters. The molecule has 0 bridgehead atoms. The first-order chi connectivity index (χ1) is 8.31. The molecule has 0 saturated carbocycles. The summed E-state index contributed by atoms with van der Waals surface area (Å²) in [6, 6.07) is 1.41. The Morgan fingerprint density at radius 1 is 1.50 bits per heavy atom. The van der Waals surface area contributed by atoms with E-state index in [0.29, 0.717) is 0 Å². The summed E-state index contributed by atoms with van der Waals surface area (Å²) in [5.41, 5.74) is 0.234. The normalized spacial score (nSPS) is 10.8. The minimum absolute atomic E-state index is 0.234. The number of esters is 1. The first kappa shape index (κ1) is 14.0. The summed E-state index contributed by atoms with van der Waals surface area (Å²) >= 11 is 0. The number of rotatable bonds is 4. The first-order valence-electron chi connectivity index (χ1n) is 4.76. The van der Waals surface area contributed by atoms with Crippen molar-refractivity contribution in [3.05, 3.63) is 24.0 Å². The van der Waals surface area contributed by atoms with E-state index < -0.39 is 21.9 Å². The molecule has 0 aliphatic rings. The van der Waals surface area contributed by atoms with E-state index in [1.54, 1.807) is 4.72 Å². The number of nitrogens with one attached hydrogen (secondary N) is 1. The molecule has 1 aromatic heterocycles. The molecular weight excluding hydrogens is 262 g/mol. The number of carbonyl (C=O) groups is 2. The van der Waals surface area contributed by atoms with Crippen LogP contribution in [0.25, 0.3) is 0 Å². The van der Waals surface area contributed by atoms with Gasteiger partial charge in [-0.15, -0.1) is 0 Å². The Balaban J connectivity index is 2.70. The van der Waals surface area contributed by atoms with Crippen LogP contribution in [0.15, 0.2) is 18.5 Å². The van der Waals surface area contributed by atoms with E-state index >= 15 is 0 Å². The highest BCUT2D eigenvalue weighted by Gasteiger charge is 2.16. The van der Waals surface area contributed by atoms with Gasteiger partial charge in [-0.25, -0.2) is 17.9 Å². The Kier molecular flexibility index (Phi) is 4.32. The fraction of sp³-hybridized carbons (Fsp3) is 0.333. The van der Waals surface area contributed by atoms with Crippen molar-refractivity contribution in [1.29, 1.82) is 0 Å². The van der Waals surface area contributed by atoms with Gasteiger partial charge in [0.25, 0.3) is 6.54 Å². The Morgan fingerprint density at radius 3 is 2.61 bits per heavy atom. The van der Waals surface area contributed by atoms with Gasteiger partial charge in [0.15, 0.2) is 6.20 Å². The van der Waals surface area contributed by atoms with Crippen LogP contribution >= 0.6 is 0 Å². The molecule has 1 amide bonds. The largest absolute Gasteiger partial charge is 0.465 e. The summed E-state index contributed by atoms with van der Waals surface area (Å²) in [7, 11) is -2.34. The topological polar surface area (TPSA) is 106 Å². The predicted octanol–water partition coefficient (Wildman–Crippen LogP) is -1.77. The fourth-order valence-corrected chi connectivity index (χ4v) is 1.58. The van der Waals surface area contributed by atoms with Crippen molar-refractivity contribution in [1.82, 2.24) is 9.82 Å². The monoisotopic (exact) mass is 274 g/mol. The van der Waals surface area contributed by atoms with Gasteiger partial charge in [0.2, 0.25) is 10.0 Å². The van der Waals surface area contributed by atoms with E-state index in [0.717, 1.165) is 6.26 Å². The highest BCUT2D eigenvalue weighted by molar-refractivity contribution is 7.89. The van der Waals surface area contributed by atoms with Gasteiger partial charge in [-0.3, -0.25) is 4.79 Å². The van der Waals surface area contributed by atoms with Gasteiger partial charge in [0, 0.05) is 6.07 Å². The summed E-state index contributed by atoms with van der Waals surface area (Å²) in [6.45, 7) is -0.269. The molecule has 0 aliphatic carbocycles. The molecule has 9 heteroatoms. The molecule has 98 valence electrons. The van der Waals surface area contributed by atoms with Crippen molar-refractivity contribution in [2.75, 3.05) is 13.4 Å². The van der Waals surface area contributed by atoms with Crippen molar-refractivity contribution in [2.24, 2.45) is 0 Å². The number of sulfonamides is 1. The predicted molar refractivity (Wildman–Crippen MR) is 58.8 cm³/mol. The van der Waals surface area contributed by atoms with Crippen molar-refractivity contribution in [3.63, 3.8) is 0 Å². The number of methoxy groups -OCH3 is 1. The zero-order chi connectivity index (χ0) is 13.8. The van der Waals surface area contributed by atoms with Gasteiger partial charge in [-0.2, -0.15) is 0 Å². The Bertz CT molecular complexity index is 552. The summed E-state index contributed by atoms with van der Waals surface area (Å²) in [6.07, 6.45) is 3.47. The highest BCUT2D eigenvalue weighted by Crippen LogP contribution is 1.94. The van der Waals surface area contributed by atoms with E-state index in [2.05, 4.69) is 9.84 Å². The van der Waals surface area contributed by atoms with Crippen LogP contribution in [-0.2, 0) is 26.1 Å². The molecule has 1 rings (SSSR count). The number of nitrogens with zero attached hydrogens (tertiary/aromatic N) is 2. The smallest absolute Gasteiger partial charge is 0.339 e. The van der Waals surface area contributed by atoms with E-state index in [1.807, 2.05) is 0 Å². The molecule has 1 aromatic rings. The zero-order valence-electron chi connectivity index (χ0n) is 9.78. The molecule has 0 radical (unpaired) electrons. The first-order valence-corrected chi connectivity index (χ1v) is 6.65. The van der Waals surface area contributed by atoms with Crippen LogP contribution in [-0.4, -0.2) is 38.8 Å². The third kappa shape index (κ3) is 4.45. The SMILES string of the molecule is COC(=O)c1cc[n+](CC(=O)NS(C)(=O)=O)nc1. The maximum atomic E-state index is 11.3. The molecule has 8 nitrogen and oxygen atoms in total. The quantitative estimate of drug-likeness (QED) is 0.514. The number of amides is 1. The van der Waals surface area contributed by atoms with Gasteiger partial charge in [-0.1, -0.05) is 4.68 Å². The molecule has 18 heavy (non-hydrogen) atoms. The molecular formula is C9H12N3O5S+. The number of carbonyl (C=O) groups excluding carboxylic acids is 2. The highest BCUT2D eigenvalue weighted by atomic mass is 32.2. The Morgan fingerprint density at radius 2 is 2.17 bits per heavy atom. The van der Waals surface area contributed by atoms with Crippen LogP contribution in [0.3, 0.4) is 0 Å². The van der Waals surface area contributed by atoms with Gasteiger partial charge in [-0.05, 0) is 5.10 Å². The Labute approximate surface area is 104 Å². The average molecular weight is 274 g/mol.